The number of aromatic nitrogens is 1. The van der Waals surface area contributed by atoms with Crippen LogP contribution in [0, 0.1) is 11.3 Å². The van der Waals surface area contributed by atoms with Crippen molar-refractivity contribution in [2.75, 3.05) is 5.73 Å². The molecule has 0 bridgehead atoms. The van der Waals surface area contributed by atoms with Gasteiger partial charge in [-0.2, -0.15) is 18.4 Å². The van der Waals surface area contributed by atoms with Crippen LogP contribution in [0.3, 0.4) is 0 Å². The minimum Gasteiger partial charge on any atom is -0.397 e. The highest BCUT2D eigenvalue weighted by molar-refractivity contribution is 5.54. The van der Waals surface area contributed by atoms with Gasteiger partial charge in [0, 0.05) is 0 Å². The minimum atomic E-state index is -4.86. The molecule has 17 heavy (non-hydrogen) atoms. The molecule has 0 aliphatic heterocycles. The van der Waals surface area contributed by atoms with Gasteiger partial charge in [-0.05, 0) is 6.07 Å². The maximum absolute atomic E-state index is 12.5. The summed E-state index contributed by atoms with van der Waals surface area (Å²) in [5.74, 6) is 0. The van der Waals surface area contributed by atoms with Crippen LogP contribution in [0.25, 0.3) is 0 Å². The molecular formula is C9H6F5N3. The van der Waals surface area contributed by atoms with Crippen molar-refractivity contribution in [2.24, 2.45) is 0 Å². The summed E-state index contributed by atoms with van der Waals surface area (Å²) in [6, 6.07) is 1.71. The summed E-state index contributed by atoms with van der Waals surface area (Å²) < 4.78 is 62.1. The van der Waals surface area contributed by atoms with Gasteiger partial charge in [-0.25, -0.2) is 13.8 Å². The molecule has 0 fully saturated rings. The van der Waals surface area contributed by atoms with Gasteiger partial charge < -0.3 is 5.73 Å². The lowest BCUT2D eigenvalue weighted by atomic mass is 10.1. The average molecular weight is 251 g/mol. The molecule has 2 N–H and O–H groups in total. The molecule has 0 saturated carbocycles. The molecule has 1 rings (SSSR count). The van der Waals surface area contributed by atoms with E-state index >= 15 is 0 Å². The van der Waals surface area contributed by atoms with Crippen LogP contribution >= 0.6 is 0 Å². The van der Waals surface area contributed by atoms with Crippen molar-refractivity contribution in [1.82, 2.24) is 4.98 Å². The fourth-order valence-corrected chi connectivity index (χ4v) is 1.19. The van der Waals surface area contributed by atoms with Crippen LogP contribution in [0.15, 0.2) is 6.07 Å². The zero-order valence-corrected chi connectivity index (χ0v) is 8.22. The van der Waals surface area contributed by atoms with E-state index in [0.29, 0.717) is 0 Å². The van der Waals surface area contributed by atoms with Crippen LogP contribution in [0.1, 0.15) is 23.4 Å². The Morgan fingerprint density at radius 3 is 2.41 bits per heavy atom. The first-order chi connectivity index (χ1) is 7.77. The van der Waals surface area contributed by atoms with Crippen LogP contribution in [0.5, 0.6) is 0 Å². The molecule has 0 atom stereocenters. The van der Waals surface area contributed by atoms with Gasteiger partial charge >= 0.3 is 6.18 Å². The Balaban J connectivity index is 3.44. The maximum atomic E-state index is 12.5. The maximum Gasteiger partial charge on any atom is 0.418 e. The summed E-state index contributed by atoms with van der Waals surface area (Å²) in [6.45, 7) is 0. The minimum absolute atomic E-state index is 0.195. The van der Waals surface area contributed by atoms with Gasteiger partial charge in [0.1, 0.15) is 5.69 Å². The first kappa shape index (κ1) is 13.2. The number of nitrogens with two attached hydrogens (primary N) is 1. The Morgan fingerprint density at radius 2 is 2.00 bits per heavy atom. The van der Waals surface area contributed by atoms with Crippen molar-refractivity contribution in [3.63, 3.8) is 0 Å². The van der Waals surface area contributed by atoms with Gasteiger partial charge in [0.2, 0.25) is 0 Å². The topological polar surface area (TPSA) is 62.7 Å². The number of hydrogen-bond acceptors (Lipinski definition) is 3. The number of rotatable bonds is 2. The van der Waals surface area contributed by atoms with Gasteiger partial charge in [0.25, 0.3) is 6.43 Å². The van der Waals surface area contributed by atoms with Crippen LogP contribution in [-0.4, -0.2) is 4.98 Å². The van der Waals surface area contributed by atoms with Gasteiger partial charge in [-0.1, -0.05) is 0 Å². The van der Waals surface area contributed by atoms with Crippen LogP contribution in [0.4, 0.5) is 27.6 Å². The fraction of sp³-hybridized carbons (Fsp3) is 0.333. The molecule has 0 saturated heterocycles. The SMILES string of the molecule is N#CCc1nc(C(F)F)cc(C(F)(F)F)c1N. The second-order valence-corrected chi connectivity index (χ2v) is 3.09. The Morgan fingerprint density at radius 1 is 1.41 bits per heavy atom. The normalized spacial score (nSPS) is 11.6. The molecule has 0 amide bonds. The third-order valence-corrected chi connectivity index (χ3v) is 1.93. The van der Waals surface area contributed by atoms with E-state index in [0.717, 1.165) is 0 Å². The number of nitrogen functional groups attached to an aromatic ring is 1. The lowest BCUT2D eigenvalue weighted by Crippen LogP contribution is -2.14. The summed E-state index contributed by atoms with van der Waals surface area (Å²) in [5.41, 5.74) is 1.43. The van der Waals surface area contributed by atoms with Crippen molar-refractivity contribution >= 4 is 5.69 Å². The molecule has 92 valence electrons. The van der Waals surface area contributed by atoms with Gasteiger partial charge in [-0.15, -0.1) is 0 Å². The van der Waals surface area contributed by atoms with E-state index in [-0.39, 0.29) is 6.07 Å². The highest BCUT2D eigenvalue weighted by atomic mass is 19.4. The lowest BCUT2D eigenvalue weighted by molar-refractivity contribution is -0.137. The first-order valence-electron chi connectivity index (χ1n) is 4.29. The molecule has 8 heteroatoms. The highest BCUT2D eigenvalue weighted by Crippen LogP contribution is 2.36. The summed E-state index contributed by atoms with van der Waals surface area (Å²) >= 11 is 0. The van der Waals surface area contributed by atoms with E-state index in [2.05, 4.69) is 4.98 Å². The quantitative estimate of drug-likeness (QED) is 0.822. The van der Waals surface area contributed by atoms with E-state index in [1.54, 1.807) is 0 Å². The first-order valence-corrected chi connectivity index (χ1v) is 4.29. The van der Waals surface area contributed by atoms with Crippen LogP contribution in [-0.2, 0) is 12.6 Å². The second kappa shape index (κ2) is 4.53. The Hall–Kier alpha value is -1.91. The van der Waals surface area contributed by atoms with Crippen molar-refractivity contribution in [3.05, 3.63) is 23.0 Å². The number of anilines is 1. The van der Waals surface area contributed by atoms with Gasteiger partial charge in [-0.3, -0.25) is 0 Å². The molecule has 1 aromatic rings. The number of pyridine rings is 1. The number of halogens is 5. The van der Waals surface area contributed by atoms with E-state index in [1.165, 1.54) is 6.07 Å². The van der Waals surface area contributed by atoms with Gasteiger partial charge in [0.15, 0.2) is 0 Å². The molecular weight excluding hydrogens is 245 g/mol. The Labute approximate surface area is 92.7 Å². The van der Waals surface area contributed by atoms with Gasteiger partial charge in [0.05, 0.1) is 29.4 Å². The standard InChI is InChI=1S/C9H6F5N3/c10-8(11)6-3-4(9(12,13)14)7(16)5(17-6)1-2-15/h3,8H,1,16H2. The van der Waals surface area contributed by atoms with Crippen molar-refractivity contribution in [2.45, 2.75) is 19.0 Å². The summed E-state index contributed by atoms with van der Waals surface area (Å²) in [5, 5.41) is 8.35. The molecule has 1 heterocycles. The zero-order valence-electron chi connectivity index (χ0n) is 8.22. The monoisotopic (exact) mass is 251 g/mol. The average Bonchev–Trinajstić information content (AvgIpc) is 2.19. The third kappa shape index (κ3) is 2.81. The Kier molecular flexibility index (Phi) is 3.50. The second-order valence-electron chi connectivity index (χ2n) is 3.09. The molecule has 0 aromatic carbocycles. The van der Waals surface area contributed by atoms with Crippen LogP contribution in [0.2, 0.25) is 0 Å². The number of nitriles is 1. The molecule has 3 nitrogen and oxygen atoms in total. The Bertz CT molecular complexity index is 461. The third-order valence-electron chi connectivity index (χ3n) is 1.93. The predicted octanol–water partition coefficient (Wildman–Crippen LogP) is 2.69. The molecule has 0 aliphatic carbocycles. The van der Waals surface area contributed by atoms with E-state index < -0.39 is 41.7 Å². The molecule has 0 radical (unpaired) electrons. The zero-order chi connectivity index (χ0) is 13.2. The smallest absolute Gasteiger partial charge is 0.397 e. The number of nitrogens with zero attached hydrogens (tertiary/aromatic N) is 2. The largest absolute Gasteiger partial charge is 0.418 e. The number of alkyl halides is 5. The van der Waals surface area contributed by atoms with E-state index in [4.69, 9.17) is 11.0 Å². The van der Waals surface area contributed by atoms with Crippen molar-refractivity contribution < 1.29 is 22.0 Å². The highest BCUT2D eigenvalue weighted by Gasteiger charge is 2.35. The predicted molar refractivity (Wildman–Crippen MR) is 47.9 cm³/mol. The van der Waals surface area contributed by atoms with Crippen LogP contribution < -0.4 is 5.73 Å². The summed E-state index contributed by atoms with van der Waals surface area (Å²) in [4.78, 5) is 3.24. The van der Waals surface area contributed by atoms with Crippen molar-refractivity contribution in [1.29, 1.82) is 5.26 Å². The van der Waals surface area contributed by atoms with E-state index in [9.17, 15) is 22.0 Å². The number of hydrogen-bond donors (Lipinski definition) is 1. The molecule has 0 unspecified atom stereocenters. The summed E-state index contributed by atoms with van der Waals surface area (Å²) in [6.07, 6.45) is -8.58. The molecule has 0 aliphatic rings. The van der Waals surface area contributed by atoms with Crippen molar-refractivity contribution in [3.8, 4) is 6.07 Å². The van der Waals surface area contributed by atoms with E-state index in [1.807, 2.05) is 0 Å². The fourth-order valence-electron chi connectivity index (χ4n) is 1.19. The molecule has 0 spiro atoms. The summed E-state index contributed by atoms with van der Waals surface area (Å²) in [7, 11) is 0. The lowest BCUT2D eigenvalue weighted by Gasteiger charge is -2.13. The molecule has 1 aromatic heterocycles.